The monoisotopic (exact) mass is 265 g/mol. The molecule has 0 radical (unpaired) electrons. The van der Waals surface area contributed by atoms with E-state index in [9.17, 15) is 0 Å². The van der Waals surface area contributed by atoms with Crippen molar-refractivity contribution < 1.29 is 4.42 Å². The average molecular weight is 265 g/mol. The molecular formula is C13H23N5O. The molecule has 19 heavy (non-hydrogen) atoms. The number of nitrogens with one attached hydrogen (secondary N) is 1. The molecule has 2 saturated heterocycles. The topological polar surface area (TPSA) is 80.2 Å². The lowest BCUT2D eigenvalue weighted by Crippen LogP contribution is -2.49. The Labute approximate surface area is 113 Å². The van der Waals surface area contributed by atoms with E-state index in [1.807, 2.05) is 0 Å². The second-order valence-electron chi connectivity index (χ2n) is 5.59. The zero-order chi connectivity index (χ0) is 13.1. The molecule has 0 saturated carbocycles. The molecule has 106 valence electrons. The van der Waals surface area contributed by atoms with Crippen LogP contribution in [0.2, 0.25) is 0 Å². The van der Waals surface area contributed by atoms with Gasteiger partial charge in [-0.3, -0.25) is 0 Å². The molecule has 1 aromatic heterocycles. The Morgan fingerprint density at radius 3 is 2.95 bits per heavy atom. The predicted molar refractivity (Wildman–Crippen MR) is 72.6 cm³/mol. The van der Waals surface area contributed by atoms with Crippen molar-refractivity contribution in [2.75, 3.05) is 25.0 Å². The fourth-order valence-electron chi connectivity index (χ4n) is 3.44. The van der Waals surface area contributed by atoms with Gasteiger partial charge in [0.05, 0.1) is 6.54 Å². The van der Waals surface area contributed by atoms with Crippen molar-refractivity contribution in [3.05, 3.63) is 5.89 Å². The lowest BCUT2D eigenvalue weighted by Gasteiger charge is -2.44. The van der Waals surface area contributed by atoms with Crippen LogP contribution in [0.5, 0.6) is 0 Å². The molecule has 2 aliphatic rings. The average Bonchev–Trinajstić information content (AvgIpc) is 2.93. The summed E-state index contributed by atoms with van der Waals surface area (Å²) in [6.07, 6.45) is 6.67. The Morgan fingerprint density at radius 1 is 1.21 bits per heavy atom. The maximum atomic E-state index is 5.46. The van der Waals surface area contributed by atoms with Crippen molar-refractivity contribution in [1.29, 1.82) is 0 Å². The first-order valence-corrected chi connectivity index (χ1v) is 7.37. The number of fused-ring (bicyclic) bond motifs is 1. The molecule has 6 heteroatoms. The lowest BCUT2D eigenvalue weighted by atomic mass is 9.83. The highest BCUT2D eigenvalue weighted by atomic mass is 16.4. The fraction of sp³-hybridized carbons (Fsp3) is 0.846. The van der Waals surface area contributed by atoms with E-state index in [4.69, 9.17) is 10.2 Å². The molecule has 0 unspecified atom stereocenters. The number of hydrogen-bond donors (Lipinski definition) is 2. The molecule has 2 fully saturated rings. The summed E-state index contributed by atoms with van der Waals surface area (Å²) < 4.78 is 5.39. The van der Waals surface area contributed by atoms with Crippen LogP contribution in [0.4, 0.5) is 6.01 Å². The molecular weight excluding hydrogens is 242 g/mol. The molecule has 1 aromatic rings. The van der Waals surface area contributed by atoms with Crippen LogP contribution in [0.1, 0.15) is 38.0 Å². The highest BCUT2D eigenvalue weighted by Gasteiger charge is 2.32. The summed E-state index contributed by atoms with van der Waals surface area (Å²) in [6.45, 7) is 3.78. The number of piperidine rings is 2. The van der Waals surface area contributed by atoms with E-state index in [-0.39, 0.29) is 0 Å². The summed E-state index contributed by atoms with van der Waals surface area (Å²) in [6, 6.07) is 1.25. The molecule has 2 atom stereocenters. The number of rotatable bonds is 4. The van der Waals surface area contributed by atoms with Gasteiger partial charge in [0.15, 0.2) is 0 Å². The molecule has 0 aromatic carbocycles. The van der Waals surface area contributed by atoms with E-state index < -0.39 is 0 Å². The molecule has 0 spiro atoms. The molecule has 2 aliphatic heterocycles. The quantitative estimate of drug-likeness (QED) is 0.851. The van der Waals surface area contributed by atoms with Gasteiger partial charge in [-0.1, -0.05) is 11.5 Å². The first-order valence-electron chi connectivity index (χ1n) is 7.37. The molecule has 3 heterocycles. The van der Waals surface area contributed by atoms with E-state index in [1.165, 1.54) is 45.2 Å². The van der Waals surface area contributed by atoms with Gasteiger partial charge in [0, 0.05) is 12.6 Å². The Kier molecular flexibility index (Phi) is 3.98. The third kappa shape index (κ3) is 2.90. The zero-order valence-electron chi connectivity index (χ0n) is 11.3. The summed E-state index contributed by atoms with van der Waals surface area (Å²) in [5.74, 6) is 1.19. The van der Waals surface area contributed by atoms with Crippen LogP contribution in [0.25, 0.3) is 0 Å². The Morgan fingerprint density at radius 2 is 2.11 bits per heavy atom. The summed E-state index contributed by atoms with van der Waals surface area (Å²) >= 11 is 0. The number of nitrogens with zero attached hydrogens (tertiary/aromatic N) is 3. The van der Waals surface area contributed by atoms with Crippen molar-refractivity contribution in [2.24, 2.45) is 11.7 Å². The van der Waals surface area contributed by atoms with Gasteiger partial charge in [0.2, 0.25) is 5.89 Å². The summed E-state index contributed by atoms with van der Waals surface area (Å²) in [5.41, 5.74) is 5.46. The third-order valence-electron chi connectivity index (χ3n) is 4.39. The van der Waals surface area contributed by atoms with E-state index in [0.29, 0.717) is 24.4 Å². The molecule has 3 rings (SSSR count). The van der Waals surface area contributed by atoms with Crippen molar-refractivity contribution in [3.63, 3.8) is 0 Å². The maximum absolute atomic E-state index is 5.46. The van der Waals surface area contributed by atoms with Crippen molar-refractivity contribution in [3.8, 4) is 0 Å². The first-order chi connectivity index (χ1) is 9.36. The lowest BCUT2D eigenvalue weighted by molar-refractivity contribution is 0.0647. The van der Waals surface area contributed by atoms with Crippen molar-refractivity contribution in [1.82, 2.24) is 15.1 Å². The first kappa shape index (κ1) is 12.9. The van der Waals surface area contributed by atoms with Gasteiger partial charge in [-0.15, -0.1) is 5.10 Å². The number of anilines is 1. The number of nitrogens with two attached hydrogens (primary N) is 1. The van der Waals surface area contributed by atoms with Crippen LogP contribution >= 0.6 is 0 Å². The largest absolute Gasteiger partial charge is 0.407 e. The van der Waals surface area contributed by atoms with Crippen LogP contribution in [0, 0.1) is 5.92 Å². The zero-order valence-corrected chi connectivity index (χ0v) is 11.3. The van der Waals surface area contributed by atoms with Gasteiger partial charge in [-0.25, -0.2) is 0 Å². The standard InChI is InChI=1S/C13H23N5O/c14-8-12-16-17-13(19-12)15-9-10-4-3-7-18-6-2-1-5-11(10)18/h10-11H,1-9,14H2,(H,15,17)/t10-,11+/m0/s1. The second kappa shape index (κ2) is 5.88. The normalized spacial score (nSPS) is 28.1. The van der Waals surface area contributed by atoms with Crippen LogP contribution in [-0.4, -0.2) is 40.8 Å². The predicted octanol–water partition coefficient (Wildman–Crippen LogP) is 1.20. The van der Waals surface area contributed by atoms with Gasteiger partial charge in [-0.05, 0) is 44.7 Å². The highest BCUT2D eigenvalue weighted by molar-refractivity contribution is 5.17. The second-order valence-corrected chi connectivity index (χ2v) is 5.59. The van der Waals surface area contributed by atoms with Gasteiger partial charge in [0.25, 0.3) is 0 Å². The minimum Gasteiger partial charge on any atom is -0.407 e. The molecule has 0 amide bonds. The fourth-order valence-corrected chi connectivity index (χ4v) is 3.44. The van der Waals surface area contributed by atoms with Gasteiger partial charge >= 0.3 is 6.01 Å². The third-order valence-corrected chi connectivity index (χ3v) is 4.39. The van der Waals surface area contributed by atoms with Crippen LogP contribution < -0.4 is 11.1 Å². The Balaban J connectivity index is 1.56. The molecule has 0 aliphatic carbocycles. The summed E-state index contributed by atoms with van der Waals surface area (Å²) in [5, 5.41) is 11.1. The van der Waals surface area contributed by atoms with Crippen LogP contribution in [-0.2, 0) is 6.54 Å². The van der Waals surface area contributed by atoms with Crippen molar-refractivity contribution >= 4 is 6.01 Å². The van der Waals surface area contributed by atoms with E-state index >= 15 is 0 Å². The molecule has 0 bridgehead atoms. The van der Waals surface area contributed by atoms with Crippen LogP contribution in [0.3, 0.4) is 0 Å². The number of aromatic nitrogens is 2. The molecule has 3 N–H and O–H groups in total. The van der Waals surface area contributed by atoms with E-state index in [0.717, 1.165) is 12.6 Å². The highest BCUT2D eigenvalue weighted by Crippen LogP contribution is 2.30. The minimum atomic E-state index is 0.300. The Hall–Kier alpha value is -1.14. The van der Waals surface area contributed by atoms with E-state index in [1.54, 1.807) is 0 Å². The van der Waals surface area contributed by atoms with Gasteiger partial charge < -0.3 is 20.4 Å². The number of hydrogen-bond acceptors (Lipinski definition) is 6. The van der Waals surface area contributed by atoms with Crippen molar-refractivity contribution in [2.45, 2.75) is 44.7 Å². The van der Waals surface area contributed by atoms with Crippen LogP contribution in [0.15, 0.2) is 4.42 Å². The van der Waals surface area contributed by atoms with Gasteiger partial charge in [-0.2, -0.15) is 0 Å². The minimum absolute atomic E-state index is 0.300. The molecule has 6 nitrogen and oxygen atoms in total. The SMILES string of the molecule is NCc1nnc(NC[C@@H]2CCCN3CCCC[C@H]23)o1. The maximum Gasteiger partial charge on any atom is 0.315 e. The summed E-state index contributed by atoms with van der Waals surface area (Å²) in [4.78, 5) is 2.67. The summed E-state index contributed by atoms with van der Waals surface area (Å²) in [7, 11) is 0. The van der Waals surface area contributed by atoms with E-state index in [2.05, 4.69) is 20.4 Å². The van der Waals surface area contributed by atoms with Gasteiger partial charge in [0.1, 0.15) is 0 Å². The Bertz CT molecular complexity index is 405. The smallest absolute Gasteiger partial charge is 0.315 e.